The number of amides is 3. The van der Waals surface area contributed by atoms with E-state index in [1.54, 1.807) is 44.2 Å². The quantitative estimate of drug-likeness (QED) is 0.147. The molecule has 0 bridgehead atoms. The minimum absolute atomic E-state index is 0.0636. The third-order valence-corrected chi connectivity index (χ3v) is 5.48. The normalized spacial score (nSPS) is 14.1. The van der Waals surface area contributed by atoms with Crippen molar-refractivity contribution in [1.82, 2.24) is 16.0 Å². The van der Waals surface area contributed by atoms with Gasteiger partial charge in [0, 0.05) is 19.3 Å². The minimum Gasteiger partial charge on any atom is -0.481 e. The Balaban J connectivity index is 3.07. The van der Waals surface area contributed by atoms with Crippen molar-refractivity contribution in [1.29, 1.82) is 0 Å². The molecule has 0 spiro atoms. The highest BCUT2D eigenvalue weighted by atomic mass is 16.4. The van der Waals surface area contributed by atoms with Crippen LogP contribution < -0.4 is 21.7 Å². The Morgan fingerprint density at radius 1 is 0.730 bits per heavy atom. The SMILES string of the molecule is CC(C)C(N)C(=O)NC(CCC(=O)O)C(=O)NC(CCC(=O)O)C(=O)NC(Cc1ccccc1)C(=O)O. The summed E-state index contributed by atoms with van der Waals surface area (Å²) in [7, 11) is 0. The summed E-state index contributed by atoms with van der Waals surface area (Å²) in [5.74, 6) is -6.70. The van der Waals surface area contributed by atoms with Crippen LogP contribution in [-0.4, -0.2) is 75.1 Å². The van der Waals surface area contributed by atoms with Crippen LogP contribution in [0.1, 0.15) is 45.1 Å². The van der Waals surface area contributed by atoms with E-state index in [1.807, 2.05) is 0 Å². The highest BCUT2D eigenvalue weighted by Crippen LogP contribution is 2.08. The molecule has 1 rings (SSSR count). The molecule has 0 aromatic heterocycles. The molecule has 3 amide bonds. The van der Waals surface area contributed by atoms with E-state index in [9.17, 15) is 33.9 Å². The lowest BCUT2D eigenvalue weighted by atomic mass is 10.0. The third kappa shape index (κ3) is 11.5. The number of hydrogen-bond donors (Lipinski definition) is 7. The Labute approximate surface area is 213 Å². The van der Waals surface area contributed by atoms with Crippen molar-refractivity contribution in [2.75, 3.05) is 0 Å². The van der Waals surface area contributed by atoms with E-state index in [4.69, 9.17) is 15.9 Å². The predicted octanol–water partition coefficient (Wildman–Crippen LogP) is -0.519. The van der Waals surface area contributed by atoms with Crippen LogP contribution in [0.2, 0.25) is 0 Å². The van der Waals surface area contributed by atoms with Gasteiger partial charge in [0.2, 0.25) is 17.7 Å². The Morgan fingerprint density at radius 3 is 1.57 bits per heavy atom. The fourth-order valence-corrected chi connectivity index (χ4v) is 3.24. The van der Waals surface area contributed by atoms with Gasteiger partial charge in [0.05, 0.1) is 6.04 Å². The van der Waals surface area contributed by atoms with Gasteiger partial charge in [-0.15, -0.1) is 0 Å². The van der Waals surface area contributed by atoms with Gasteiger partial charge in [-0.3, -0.25) is 24.0 Å². The molecule has 0 saturated heterocycles. The maximum Gasteiger partial charge on any atom is 0.326 e. The molecule has 13 heteroatoms. The molecule has 0 aliphatic rings. The summed E-state index contributed by atoms with van der Waals surface area (Å²) in [6, 6.07) is 3.27. The molecule has 0 fully saturated rings. The first-order valence-electron chi connectivity index (χ1n) is 11.7. The van der Waals surface area contributed by atoms with Crippen LogP contribution in [-0.2, 0) is 35.2 Å². The van der Waals surface area contributed by atoms with Gasteiger partial charge in [-0.05, 0) is 24.3 Å². The van der Waals surface area contributed by atoms with Crippen molar-refractivity contribution in [3.8, 4) is 0 Å². The first-order valence-corrected chi connectivity index (χ1v) is 11.7. The Bertz CT molecular complexity index is 968. The van der Waals surface area contributed by atoms with Gasteiger partial charge in [0.1, 0.15) is 18.1 Å². The van der Waals surface area contributed by atoms with Crippen LogP contribution in [0.4, 0.5) is 0 Å². The molecule has 0 saturated carbocycles. The van der Waals surface area contributed by atoms with Crippen LogP contribution in [0.15, 0.2) is 30.3 Å². The summed E-state index contributed by atoms with van der Waals surface area (Å²) in [6.07, 6.45) is -1.78. The first-order chi connectivity index (χ1) is 17.3. The highest BCUT2D eigenvalue weighted by Gasteiger charge is 2.31. The van der Waals surface area contributed by atoms with Crippen LogP contribution in [0.3, 0.4) is 0 Å². The summed E-state index contributed by atoms with van der Waals surface area (Å²) in [5, 5.41) is 34.6. The van der Waals surface area contributed by atoms with Gasteiger partial charge in [0.15, 0.2) is 0 Å². The topological polar surface area (TPSA) is 225 Å². The van der Waals surface area contributed by atoms with Gasteiger partial charge >= 0.3 is 17.9 Å². The molecule has 204 valence electrons. The van der Waals surface area contributed by atoms with Gasteiger partial charge in [-0.1, -0.05) is 44.2 Å². The number of hydrogen-bond acceptors (Lipinski definition) is 7. The van der Waals surface area contributed by atoms with E-state index in [1.165, 1.54) is 0 Å². The van der Waals surface area contributed by atoms with E-state index in [0.29, 0.717) is 5.56 Å². The number of carbonyl (C=O) groups is 6. The predicted molar refractivity (Wildman–Crippen MR) is 130 cm³/mol. The molecule has 37 heavy (non-hydrogen) atoms. The zero-order chi connectivity index (χ0) is 28.1. The molecule has 8 N–H and O–H groups in total. The number of nitrogens with one attached hydrogen (secondary N) is 3. The average molecular weight is 523 g/mol. The number of carbonyl (C=O) groups excluding carboxylic acids is 3. The van der Waals surface area contributed by atoms with E-state index in [-0.39, 0.29) is 25.2 Å². The van der Waals surface area contributed by atoms with Crippen LogP contribution >= 0.6 is 0 Å². The molecule has 0 aliphatic carbocycles. The van der Waals surface area contributed by atoms with Crippen LogP contribution in [0.25, 0.3) is 0 Å². The number of benzene rings is 1. The monoisotopic (exact) mass is 522 g/mol. The summed E-state index contributed by atoms with van der Waals surface area (Å²) in [5.41, 5.74) is 6.42. The number of carboxylic acid groups (broad SMARTS) is 3. The number of nitrogens with two attached hydrogens (primary N) is 1. The van der Waals surface area contributed by atoms with Gasteiger partial charge in [0.25, 0.3) is 0 Å². The molecular weight excluding hydrogens is 488 g/mol. The first kappa shape index (κ1) is 31.0. The van der Waals surface area contributed by atoms with Gasteiger partial charge in [-0.25, -0.2) is 4.79 Å². The molecule has 13 nitrogen and oxygen atoms in total. The van der Waals surface area contributed by atoms with Crippen LogP contribution in [0, 0.1) is 5.92 Å². The summed E-state index contributed by atoms with van der Waals surface area (Å²) >= 11 is 0. The number of carboxylic acids is 3. The van der Waals surface area contributed by atoms with Gasteiger partial charge in [-0.2, -0.15) is 0 Å². The minimum atomic E-state index is -1.47. The van der Waals surface area contributed by atoms with E-state index < -0.39 is 72.6 Å². The van der Waals surface area contributed by atoms with Crippen molar-refractivity contribution >= 4 is 35.6 Å². The van der Waals surface area contributed by atoms with Crippen molar-refractivity contribution in [2.45, 2.75) is 70.1 Å². The lowest BCUT2D eigenvalue weighted by molar-refractivity contribution is -0.143. The standard InChI is InChI=1S/C24H34N4O9/c1-13(2)20(25)23(35)27-16(9-11-19(31)32)21(33)26-15(8-10-18(29)30)22(34)28-17(24(36)37)12-14-6-4-3-5-7-14/h3-7,13,15-17,20H,8-12,25H2,1-2H3,(H,26,33)(H,27,35)(H,28,34)(H,29,30)(H,31,32)(H,36,37). The van der Waals surface area contributed by atoms with E-state index in [2.05, 4.69) is 16.0 Å². The Morgan fingerprint density at radius 2 is 1.16 bits per heavy atom. The Kier molecular flexibility index (Phi) is 12.7. The van der Waals surface area contributed by atoms with Crippen molar-refractivity contribution in [3.05, 3.63) is 35.9 Å². The fraction of sp³-hybridized carbons (Fsp3) is 0.500. The van der Waals surface area contributed by atoms with Gasteiger partial charge < -0.3 is 37.0 Å². The second kappa shape index (κ2) is 15.2. The van der Waals surface area contributed by atoms with Crippen molar-refractivity contribution in [3.63, 3.8) is 0 Å². The van der Waals surface area contributed by atoms with E-state index >= 15 is 0 Å². The zero-order valence-electron chi connectivity index (χ0n) is 20.7. The molecule has 4 atom stereocenters. The fourth-order valence-electron chi connectivity index (χ4n) is 3.24. The molecular formula is C24H34N4O9. The average Bonchev–Trinajstić information content (AvgIpc) is 2.83. The second-order valence-electron chi connectivity index (χ2n) is 8.85. The van der Waals surface area contributed by atoms with E-state index in [0.717, 1.165) is 0 Å². The zero-order valence-corrected chi connectivity index (χ0v) is 20.7. The second-order valence-corrected chi connectivity index (χ2v) is 8.85. The molecule has 1 aromatic rings. The maximum absolute atomic E-state index is 13.0. The molecule has 0 aliphatic heterocycles. The number of aliphatic carboxylic acids is 3. The molecule has 0 heterocycles. The largest absolute Gasteiger partial charge is 0.481 e. The van der Waals surface area contributed by atoms with Crippen molar-refractivity contribution < 1.29 is 44.1 Å². The summed E-state index contributed by atoms with van der Waals surface area (Å²) in [6.45, 7) is 3.36. The summed E-state index contributed by atoms with van der Waals surface area (Å²) < 4.78 is 0. The Hall–Kier alpha value is -4.00. The van der Waals surface area contributed by atoms with Crippen molar-refractivity contribution in [2.24, 2.45) is 11.7 Å². The summed E-state index contributed by atoms with van der Waals surface area (Å²) in [4.78, 5) is 72.1. The van der Waals surface area contributed by atoms with Crippen LogP contribution in [0.5, 0.6) is 0 Å². The number of rotatable bonds is 16. The smallest absolute Gasteiger partial charge is 0.326 e. The lowest BCUT2D eigenvalue weighted by Crippen LogP contribution is -2.57. The highest BCUT2D eigenvalue weighted by molar-refractivity contribution is 5.94. The molecule has 4 unspecified atom stereocenters. The third-order valence-electron chi connectivity index (χ3n) is 5.48. The lowest BCUT2D eigenvalue weighted by Gasteiger charge is -2.25. The maximum atomic E-state index is 13.0. The molecule has 1 aromatic carbocycles. The molecule has 0 radical (unpaired) electrons.